The summed E-state index contributed by atoms with van der Waals surface area (Å²) in [5, 5.41) is 37.9. The van der Waals surface area contributed by atoms with E-state index in [1.54, 1.807) is 20.8 Å². The third kappa shape index (κ3) is 3.32. The molecule has 7 nitrogen and oxygen atoms in total. The molecule has 1 amide bonds. The molecule has 0 bridgehead atoms. The molecule has 0 aromatic carbocycles. The van der Waals surface area contributed by atoms with Gasteiger partial charge in [-0.25, -0.2) is 4.79 Å². The van der Waals surface area contributed by atoms with Gasteiger partial charge in [0.15, 0.2) is 0 Å². The van der Waals surface area contributed by atoms with Crippen molar-refractivity contribution in [3.63, 3.8) is 0 Å². The van der Waals surface area contributed by atoms with Crippen LogP contribution in [0.1, 0.15) is 20.8 Å². The molecular weight excluding hydrogens is 242 g/mol. The van der Waals surface area contributed by atoms with Crippen molar-refractivity contribution in [3.8, 4) is 0 Å². The number of ether oxygens (including phenoxy) is 1. The number of hydrogen-bond acceptors (Lipinski definition) is 6. The van der Waals surface area contributed by atoms with Gasteiger partial charge in [-0.2, -0.15) is 0 Å². The van der Waals surface area contributed by atoms with Crippen LogP contribution in [0.5, 0.6) is 0 Å². The lowest BCUT2D eigenvalue weighted by atomic mass is 9.95. The van der Waals surface area contributed by atoms with Crippen molar-refractivity contribution in [1.82, 2.24) is 4.90 Å². The Balaban J connectivity index is 2.82. The van der Waals surface area contributed by atoms with Crippen LogP contribution in [0.2, 0.25) is 0 Å². The number of β-amino-alcohol motifs (C(OH)–C–C–N with tert-alkyl or cyclic N) is 1. The highest BCUT2D eigenvalue weighted by Gasteiger charge is 2.44. The third-order valence-electron chi connectivity index (χ3n) is 2.74. The van der Waals surface area contributed by atoms with Crippen LogP contribution >= 0.6 is 0 Å². The van der Waals surface area contributed by atoms with Crippen molar-refractivity contribution in [2.75, 3.05) is 13.2 Å². The van der Waals surface area contributed by atoms with Gasteiger partial charge in [0.1, 0.15) is 23.9 Å². The first kappa shape index (κ1) is 15.2. The Hall–Kier alpha value is -0.890. The van der Waals surface area contributed by atoms with Gasteiger partial charge in [-0.05, 0) is 20.8 Å². The van der Waals surface area contributed by atoms with Crippen LogP contribution in [0.3, 0.4) is 0 Å². The monoisotopic (exact) mass is 263 g/mol. The summed E-state index contributed by atoms with van der Waals surface area (Å²) in [6, 6.07) is -0.988. The molecule has 1 saturated heterocycles. The highest BCUT2D eigenvalue weighted by molar-refractivity contribution is 5.69. The number of rotatable bonds is 1. The summed E-state index contributed by atoms with van der Waals surface area (Å²) in [5.41, 5.74) is -0.719. The number of amides is 1. The third-order valence-corrected chi connectivity index (χ3v) is 2.74. The van der Waals surface area contributed by atoms with E-state index in [-0.39, 0.29) is 6.54 Å². The Bertz CT molecular complexity index is 302. The quantitative estimate of drug-likeness (QED) is 0.467. The normalized spacial score (nSPS) is 33.4. The maximum atomic E-state index is 11.9. The summed E-state index contributed by atoms with van der Waals surface area (Å²) in [6.07, 6.45) is -4.81. The molecule has 1 aliphatic heterocycles. The van der Waals surface area contributed by atoms with Gasteiger partial charge in [-0.1, -0.05) is 0 Å². The zero-order chi connectivity index (χ0) is 14.1. The standard InChI is InChI=1S/C11H21NO6/c1-11(2,3)18-10(17)12-4-7(14)9(16)8(15)6(12)5-13/h6-9,13-16H,4-5H2,1-3H3/t6-,7-,8-,9-/m1/s1. The number of piperidine rings is 1. The fourth-order valence-electron chi connectivity index (χ4n) is 1.82. The first-order chi connectivity index (χ1) is 8.17. The fraction of sp³-hybridized carbons (Fsp3) is 0.909. The predicted octanol–water partition coefficient (Wildman–Crippen LogP) is -1.32. The van der Waals surface area contributed by atoms with E-state index in [0.717, 1.165) is 4.90 Å². The molecule has 0 spiro atoms. The first-order valence-corrected chi connectivity index (χ1v) is 5.82. The van der Waals surface area contributed by atoms with Crippen LogP contribution in [0.25, 0.3) is 0 Å². The van der Waals surface area contributed by atoms with Crippen LogP contribution in [-0.4, -0.2) is 74.5 Å². The number of aliphatic hydroxyl groups excluding tert-OH is 4. The Labute approximate surface area is 106 Å². The largest absolute Gasteiger partial charge is 0.444 e. The van der Waals surface area contributed by atoms with Crippen LogP contribution in [-0.2, 0) is 4.74 Å². The maximum absolute atomic E-state index is 11.9. The summed E-state index contributed by atoms with van der Waals surface area (Å²) in [7, 11) is 0. The summed E-state index contributed by atoms with van der Waals surface area (Å²) >= 11 is 0. The zero-order valence-electron chi connectivity index (χ0n) is 10.8. The summed E-state index contributed by atoms with van der Waals surface area (Å²) < 4.78 is 5.11. The van der Waals surface area contributed by atoms with E-state index in [2.05, 4.69) is 0 Å². The van der Waals surface area contributed by atoms with Crippen molar-refractivity contribution >= 4 is 6.09 Å². The Morgan fingerprint density at radius 1 is 1.28 bits per heavy atom. The van der Waals surface area contributed by atoms with Gasteiger partial charge >= 0.3 is 6.09 Å². The second-order valence-electron chi connectivity index (χ2n) is 5.43. The van der Waals surface area contributed by atoms with E-state index in [0.29, 0.717) is 0 Å². The van der Waals surface area contributed by atoms with Crippen molar-refractivity contribution in [1.29, 1.82) is 0 Å². The SMILES string of the molecule is CC(C)(C)OC(=O)N1C[C@@H](O)[C@@H](O)[C@H](O)[C@H]1CO. The lowest BCUT2D eigenvalue weighted by Crippen LogP contribution is -2.64. The zero-order valence-corrected chi connectivity index (χ0v) is 10.8. The smallest absolute Gasteiger partial charge is 0.410 e. The van der Waals surface area contributed by atoms with Crippen LogP contribution in [0, 0.1) is 0 Å². The summed E-state index contributed by atoms with van der Waals surface area (Å²) in [5.74, 6) is 0. The van der Waals surface area contributed by atoms with E-state index in [1.807, 2.05) is 0 Å². The van der Waals surface area contributed by atoms with Crippen LogP contribution in [0.15, 0.2) is 0 Å². The molecule has 1 heterocycles. The molecule has 18 heavy (non-hydrogen) atoms. The van der Waals surface area contributed by atoms with E-state index in [9.17, 15) is 25.2 Å². The molecule has 0 aromatic rings. The molecule has 1 aliphatic rings. The van der Waals surface area contributed by atoms with Gasteiger partial charge < -0.3 is 25.2 Å². The van der Waals surface area contributed by atoms with Gasteiger partial charge in [0, 0.05) is 0 Å². The van der Waals surface area contributed by atoms with Gasteiger partial charge in [-0.3, -0.25) is 4.90 Å². The maximum Gasteiger partial charge on any atom is 0.410 e. The molecule has 1 fully saturated rings. The van der Waals surface area contributed by atoms with E-state index < -0.39 is 42.7 Å². The molecule has 0 saturated carbocycles. The molecule has 4 atom stereocenters. The number of hydrogen-bond donors (Lipinski definition) is 4. The van der Waals surface area contributed by atoms with Crippen molar-refractivity contribution < 1.29 is 30.0 Å². The molecule has 4 N–H and O–H groups in total. The molecule has 0 radical (unpaired) electrons. The first-order valence-electron chi connectivity index (χ1n) is 5.82. The summed E-state index contributed by atoms with van der Waals surface area (Å²) in [6.45, 7) is 4.34. The van der Waals surface area contributed by atoms with E-state index in [1.165, 1.54) is 0 Å². The molecule has 0 unspecified atom stereocenters. The lowest BCUT2D eigenvalue weighted by Gasteiger charge is -2.43. The number of carbonyl (C=O) groups excluding carboxylic acids is 1. The molecule has 7 heteroatoms. The second-order valence-corrected chi connectivity index (χ2v) is 5.43. The van der Waals surface area contributed by atoms with Gasteiger partial charge in [0.05, 0.1) is 19.2 Å². The number of aliphatic hydroxyl groups is 4. The minimum Gasteiger partial charge on any atom is -0.444 e. The fourth-order valence-corrected chi connectivity index (χ4v) is 1.82. The average Bonchev–Trinajstić information content (AvgIpc) is 2.23. The van der Waals surface area contributed by atoms with E-state index >= 15 is 0 Å². The second kappa shape index (κ2) is 5.40. The van der Waals surface area contributed by atoms with Crippen molar-refractivity contribution in [3.05, 3.63) is 0 Å². The van der Waals surface area contributed by atoms with E-state index in [4.69, 9.17) is 4.74 Å². The van der Waals surface area contributed by atoms with Crippen molar-refractivity contribution in [2.24, 2.45) is 0 Å². The molecular formula is C11H21NO6. The number of nitrogens with zero attached hydrogens (tertiary/aromatic N) is 1. The highest BCUT2D eigenvalue weighted by Crippen LogP contribution is 2.21. The van der Waals surface area contributed by atoms with Crippen LogP contribution in [0.4, 0.5) is 4.79 Å². The van der Waals surface area contributed by atoms with Gasteiger partial charge in [0.25, 0.3) is 0 Å². The Morgan fingerprint density at radius 2 is 1.83 bits per heavy atom. The average molecular weight is 263 g/mol. The number of carbonyl (C=O) groups is 1. The topological polar surface area (TPSA) is 110 Å². The summed E-state index contributed by atoms with van der Waals surface area (Å²) in [4.78, 5) is 12.9. The van der Waals surface area contributed by atoms with Gasteiger partial charge in [-0.15, -0.1) is 0 Å². The molecule has 106 valence electrons. The van der Waals surface area contributed by atoms with Gasteiger partial charge in [0.2, 0.25) is 0 Å². The lowest BCUT2D eigenvalue weighted by molar-refractivity contribution is -0.141. The Kier molecular flexibility index (Phi) is 4.55. The molecule has 0 aromatic heterocycles. The van der Waals surface area contributed by atoms with Crippen LogP contribution < -0.4 is 0 Å². The predicted molar refractivity (Wildman–Crippen MR) is 61.8 cm³/mol. The minimum absolute atomic E-state index is 0.196. The molecule has 0 aliphatic carbocycles. The highest BCUT2D eigenvalue weighted by atomic mass is 16.6. The Morgan fingerprint density at radius 3 is 2.28 bits per heavy atom. The molecule has 1 rings (SSSR count). The van der Waals surface area contributed by atoms with Crippen molar-refractivity contribution in [2.45, 2.75) is 50.7 Å². The number of likely N-dealkylation sites (tertiary alicyclic amines) is 1. The minimum atomic E-state index is -1.41.